The molecule has 0 aliphatic rings. The molecule has 0 fully saturated rings. The molecule has 0 spiro atoms. The van der Waals surface area contributed by atoms with Gasteiger partial charge in [0.15, 0.2) is 0 Å². The largest absolute Gasteiger partial charge is 0.385 e. The fourth-order valence-electron chi connectivity index (χ4n) is 1.40. The summed E-state index contributed by atoms with van der Waals surface area (Å²) in [7, 11) is -1.78. The molecule has 6 heteroatoms. The van der Waals surface area contributed by atoms with Gasteiger partial charge in [0.25, 0.3) is 0 Å². The van der Waals surface area contributed by atoms with Gasteiger partial charge in [0.2, 0.25) is 10.0 Å². The van der Waals surface area contributed by atoms with Gasteiger partial charge in [-0.25, -0.2) is 8.42 Å². The first kappa shape index (κ1) is 15.5. The lowest BCUT2D eigenvalue weighted by Gasteiger charge is -2.07. The molecule has 0 radical (unpaired) electrons. The van der Waals surface area contributed by atoms with Crippen molar-refractivity contribution in [2.24, 2.45) is 5.73 Å². The van der Waals surface area contributed by atoms with Crippen molar-refractivity contribution in [1.82, 2.24) is 0 Å². The molecule has 3 N–H and O–H groups in total. The highest BCUT2D eigenvalue weighted by molar-refractivity contribution is 7.92. The van der Waals surface area contributed by atoms with Crippen molar-refractivity contribution < 1.29 is 13.2 Å². The van der Waals surface area contributed by atoms with Gasteiger partial charge in [0, 0.05) is 25.0 Å². The third-order valence-corrected chi connectivity index (χ3v) is 3.63. The first-order chi connectivity index (χ1) is 9.07. The van der Waals surface area contributed by atoms with E-state index in [1.807, 2.05) is 0 Å². The number of rotatable bonds is 6. The van der Waals surface area contributed by atoms with E-state index in [2.05, 4.69) is 16.6 Å². The summed E-state index contributed by atoms with van der Waals surface area (Å²) < 4.78 is 30.8. The second kappa shape index (κ2) is 7.79. The number of hydrogen-bond acceptors (Lipinski definition) is 4. The van der Waals surface area contributed by atoms with Crippen molar-refractivity contribution in [2.45, 2.75) is 6.42 Å². The number of methoxy groups -OCH3 is 1. The van der Waals surface area contributed by atoms with E-state index in [0.717, 1.165) is 5.56 Å². The molecular weight excluding hydrogens is 264 g/mol. The summed E-state index contributed by atoms with van der Waals surface area (Å²) >= 11 is 0. The second-order valence-corrected chi connectivity index (χ2v) is 5.69. The van der Waals surface area contributed by atoms with E-state index in [4.69, 9.17) is 10.5 Å². The smallest absolute Gasteiger partial charge is 0.232 e. The number of sulfonamides is 1. The SMILES string of the molecule is COCCCS(=O)(=O)Nc1ccc(C#CCN)cc1. The predicted molar refractivity (Wildman–Crippen MR) is 76.3 cm³/mol. The van der Waals surface area contributed by atoms with Gasteiger partial charge in [-0.3, -0.25) is 4.72 Å². The molecule has 1 aromatic carbocycles. The Morgan fingerprint density at radius 3 is 2.58 bits per heavy atom. The molecule has 104 valence electrons. The molecule has 1 aromatic rings. The number of benzene rings is 1. The first-order valence-electron chi connectivity index (χ1n) is 5.86. The van der Waals surface area contributed by atoms with Crippen molar-refractivity contribution in [1.29, 1.82) is 0 Å². The zero-order chi connectivity index (χ0) is 14.1. The number of nitrogens with one attached hydrogen (secondary N) is 1. The Kier molecular flexibility index (Phi) is 6.36. The molecule has 0 atom stereocenters. The lowest BCUT2D eigenvalue weighted by Crippen LogP contribution is -2.17. The normalized spacial score (nSPS) is 10.6. The first-order valence-corrected chi connectivity index (χ1v) is 7.51. The van der Waals surface area contributed by atoms with Crippen LogP contribution in [0, 0.1) is 11.8 Å². The van der Waals surface area contributed by atoms with Crippen LogP contribution in [-0.2, 0) is 14.8 Å². The summed E-state index contributed by atoms with van der Waals surface area (Å²) in [6.45, 7) is 0.725. The van der Waals surface area contributed by atoms with Gasteiger partial charge in [-0.1, -0.05) is 11.8 Å². The maximum absolute atomic E-state index is 11.7. The summed E-state index contributed by atoms with van der Waals surface area (Å²) in [5.74, 6) is 5.64. The lowest BCUT2D eigenvalue weighted by atomic mass is 10.2. The Labute approximate surface area is 114 Å². The zero-order valence-electron chi connectivity index (χ0n) is 10.8. The molecule has 5 nitrogen and oxygen atoms in total. The van der Waals surface area contributed by atoms with Crippen LogP contribution in [0.2, 0.25) is 0 Å². The van der Waals surface area contributed by atoms with Crippen LogP contribution in [0.5, 0.6) is 0 Å². The fraction of sp³-hybridized carbons (Fsp3) is 0.385. The van der Waals surface area contributed by atoms with Crippen molar-refractivity contribution in [3.63, 3.8) is 0 Å². The van der Waals surface area contributed by atoms with Gasteiger partial charge in [0.05, 0.1) is 12.3 Å². The van der Waals surface area contributed by atoms with Crippen LogP contribution in [-0.4, -0.2) is 34.4 Å². The maximum atomic E-state index is 11.7. The minimum absolute atomic E-state index is 0.0373. The summed E-state index contributed by atoms with van der Waals surface area (Å²) in [6.07, 6.45) is 0.464. The van der Waals surface area contributed by atoms with Gasteiger partial charge >= 0.3 is 0 Å². The molecule has 0 aromatic heterocycles. The van der Waals surface area contributed by atoms with E-state index < -0.39 is 10.0 Å². The number of ether oxygens (including phenoxy) is 1. The number of hydrogen-bond donors (Lipinski definition) is 2. The van der Waals surface area contributed by atoms with Gasteiger partial charge in [-0.2, -0.15) is 0 Å². The maximum Gasteiger partial charge on any atom is 0.232 e. The van der Waals surface area contributed by atoms with Crippen LogP contribution >= 0.6 is 0 Å². The molecule has 0 unspecified atom stereocenters. The monoisotopic (exact) mass is 282 g/mol. The standard InChI is InChI=1S/C13H18N2O3S/c1-18-10-3-11-19(16,17)15-13-7-5-12(6-8-13)4-2-9-14/h5-8,15H,3,9-11,14H2,1H3. The molecule has 0 amide bonds. The Hall–Kier alpha value is -1.55. The minimum Gasteiger partial charge on any atom is -0.385 e. The highest BCUT2D eigenvalue weighted by atomic mass is 32.2. The highest BCUT2D eigenvalue weighted by Crippen LogP contribution is 2.11. The number of nitrogens with two attached hydrogens (primary N) is 1. The van der Waals surface area contributed by atoms with Gasteiger partial charge < -0.3 is 10.5 Å². The molecular formula is C13H18N2O3S. The molecule has 0 heterocycles. The van der Waals surface area contributed by atoms with Crippen LogP contribution < -0.4 is 10.5 Å². The van der Waals surface area contributed by atoms with E-state index in [9.17, 15) is 8.42 Å². The molecule has 0 saturated carbocycles. The van der Waals surface area contributed by atoms with Crippen molar-refractivity contribution in [3.05, 3.63) is 29.8 Å². The van der Waals surface area contributed by atoms with E-state index in [1.165, 1.54) is 0 Å². The van der Waals surface area contributed by atoms with E-state index >= 15 is 0 Å². The van der Waals surface area contributed by atoms with E-state index in [-0.39, 0.29) is 5.75 Å². The molecule has 0 aliphatic carbocycles. The van der Waals surface area contributed by atoms with Crippen LogP contribution in [0.15, 0.2) is 24.3 Å². The number of anilines is 1. The van der Waals surface area contributed by atoms with Gasteiger partial charge in [0.1, 0.15) is 0 Å². The second-order valence-electron chi connectivity index (χ2n) is 3.85. The van der Waals surface area contributed by atoms with E-state index in [0.29, 0.717) is 25.3 Å². The van der Waals surface area contributed by atoms with Crippen LogP contribution in [0.4, 0.5) is 5.69 Å². The Balaban J connectivity index is 2.62. The molecule has 0 bridgehead atoms. The zero-order valence-corrected chi connectivity index (χ0v) is 11.7. The average molecular weight is 282 g/mol. The summed E-state index contributed by atoms with van der Waals surface area (Å²) in [6, 6.07) is 6.84. The summed E-state index contributed by atoms with van der Waals surface area (Å²) in [5, 5.41) is 0. The average Bonchev–Trinajstić information content (AvgIpc) is 2.38. The van der Waals surface area contributed by atoms with Crippen molar-refractivity contribution in [3.8, 4) is 11.8 Å². The van der Waals surface area contributed by atoms with E-state index in [1.54, 1.807) is 31.4 Å². The molecule has 0 aliphatic heterocycles. The molecule has 19 heavy (non-hydrogen) atoms. The van der Waals surface area contributed by atoms with Crippen LogP contribution in [0.1, 0.15) is 12.0 Å². The molecule has 1 rings (SSSR count). The van der Waals surface area contributed by atoms with Gasteiger partial charge in [-0.05, 0) is 30.7 Å². The topological polar surface area (TPSA) is 81.4 Å². The molecule has 0 saturated heterocycles. The van der Waals surface area contributed by atoms with Crippen LogP contribution in [0.25, 0.3) is 0 Å². The third kappa shape index (κ3) is 6.25. The van der Waals surface area contributed by atoms with Gasteiger partial charge in [-0.15, -0.1) is 0 Å². The quantitative estimate of drug-likeness (QED) is 0.596. The highest BCUT2D eigenvalue weighted by Gasteiger charge is 2.09. The predicted octanol–water partition coefficient (Wildman–Crippen LogP) is 0.775. The fourth-order valence-corrected chi connectivity index (χ4v) is 2.49. The Morgan fingerprint density at radius 2 is 2.00 bits per heavy atom. The van der Waals surface area contributed by atoms with Crippen molar-refractivity contribution in [2.75, 3.05) is 30.7 Å². The summed E-state index contributed by atoms with van der Waals surface area (Å²) in [4.78, 5) is 0. The van der Waals surface area contributed by atoms with Crippen LogP contribution in [0.3, 0.4) is 0 Å². The Morgan fingerprint density at radius 1 is 1.32 bits per heavy atom. The Bertz CT molecular complexity index is 541. The third-order valence-electron chi connectivity index (χ3n) is 2.25. The van der Waals surface area contributed by atoms with Crippen molar-refractivity contribution >= 4 is 15.7 Å². The lowest BCUT2D eigenvalue weighted by molar-refractivity contribution is 0.199. The minimum atomic E-state index is -3.32. The summed E-state index contributed by atoms with van der Waals surface area (Å²) in [5.41, 5.74) is 6.59.